The molecule has 0 aromatic heterocycles. The van der Waals surface area contributed by atoms with Gasteiger partial charge in [0, 0.05) is 21.8 Å². The fraction of sp³-hybridized carbons (Fsp3) is 0.333. The molecule has 0 spiro atoms. The number of carbonyl (C=O) groups is 2. The van der Waals surface area contributed by atoms with Crippen molar-refractivity contribution in [3.63, 3.8) is 0 Å². The molecule has 1 aliphatic carbocycles. The zero-order valence-electron chi connectivity index (χ0n) is 16.0. The first-order chi connectivity index (χ1) is 14.0. The maximum Gasteiger partial charge on any atom is 0.405 e. The van der Waals surface area contributed by atoms with Crippen molar-refractivity contribution in [1.29, 1.82) is 0 Å². The quantitative estimate of drug-likeness (QED) is 0.630. The zero-order valence-corrected chi connectivity index (χ0v) is 16.8. The second-order valence-electron chi connectivity index (χ2n) is 7.33. The van der Waals surface area contributed by atoms with Crippen molar-refractivity contribution in [2.45, 2.75) is 37.8 Å². The number of nitrogens with one attached hydrogen (secondary N) is 2. The van der Waals surface area contributed by atoms with Crippen LogP contribution >= 0.6 is 11.6 Å². The number of anilines is 1. The Morgan fingerprint density at radius 1 is 1.17 bits per heavy atom. The van der Waals surface area contributed by atoms with Crippen LogP contribution in [0.2, 0.25) is 5.02 Å². The summed E-state index contributed by atoms with van der Waals surface area (Å²) in [5.41, 5.74) is -0.303. The number of halogens is 5. The van der Waals surface area contributed by atoms with Gasteiger partial charge in [0.25, 0.3) is 5.91 Å². The minimum absolute atomic E-state index is 0.0328. The highest BCUT2D eigenvalue weighted by Gasteiger charge is 2.45. The van der Waals surface area contributed by atoms with E-state index in [9.17, 15) is 27.2 Å². The summed E-state index contributed by atoms with van der Waals surface area (Å²) in [6.07, 6.45) is -2.62. The molecule has 0 unspecified atom stereocenters. The van der Waals surface area contributed by atoms with E-state index in [0.717, 1.165) is 18.1 Å². The van der Waals surface area contributed by atoms with Gasteiger partial charge in [0.05, 0.1) is 5.41 Å². The normalized spacial score (nSPS) is 15.3. The summed E-state index contributed by atoms with van der Waals surface area (Å²) in [6.45, 7) is -0.129. The van der Waals surface area contributed by atoms with E-state index in [1.165, 1.54) is 13.0 Å². The lowest BCUT2D eigenvalue weighted by molar-refractivity contribution is -0.124. The molecule has 1 saturated carbocycles. The summed E-state index contributed by atoms with van der Waals surface area (Å²) in [4.78, 5) is 25.1. The highest BCUT2D eigenvalue weighted by molar-refractivity contribution is 6.30. The molecule has 0 bridgehead atoms. The molecular formula is C21H19ClF4N2O2. The Kier molecular flexibility index (Phi) is 6.08. The summed E-state index contributed by atoms with van der Waals surface area (Å²) >= 11 is 6.05. The van der Waals surface area contributed by atoms with E-state index in [1.54, 1.807) is 29.6 Å². The molecule has 2 aromatic carbocycles. The van der Waals surface area contributed by atoms with Crippen LogP contribution in [0.25, 0.3) is 0 Å². The molecule has 3 rings (SSSR count). The Labute approximate surface area is 175 Å². The Morgan fingerprint density at radius 3 is 2.43 bits per heavy atom. The molecule has 2 amide bonds. The van der Waals surface area contributed by atoms with Crippen molar-refractivity contribution in [2.75, 3.05) is 11.9 Å². The number of benzene rings is 2. The highest BCUT2D eigenvalue weighted by Crippen LogP contribution is 2.45. The van der Waals surface area contributed by atoms with E-state index in [2.05, 4.69) is 5.32 Å². The predicted molar refractivity (Wildman–Crippen MR) is 105 cm³/mol. The molecule has 0 atom stereocenters. The van der Waals surface area contributed by atoms with E-state index in [-0.39, 0.29) is 22.7 Å². The van der Waals surface area contributed by atoms with Crippen molar-refractivity contribution in [3.8, 4) is 0 Å². The molecule has 2 N–H and O–H groups in total. The molecule has 1 fully saturated rings. The van der Waals surface area contributed by atoms with Gasteiger partial charge in [-0.15, -0.1) is 0 Å². The fourth-order valence-corrected chi connectivity index (χ4v) is 3.62. The number of alkyl halides is 3. The fourth-order valence-electron chi connectivity index (χ4n) is 3.43. The lowest BCUT2D eigenvalue weighted by Crippen LogP contribution is -2.46. The van der Waals surface area contributed by atoms with Crippen LogP contribution in [0.1, 0.15) is 40.7 Å². The van der Waals surface area contributed by atoms with Crippen molar-refractivity contribution in [3.05, 3.63) is 63.9 Å². The minimum Gasteiger partial charge on any atom is -0.343 e. The second-order valence-corrected chi connectivity index (χ2v) is 7.77. The Balaban J connectivity index is 1.86. The van der Waals surface area contributed by atoms with Gasteiger partial charge in [-0.05, 0) is 49.6 Å². The van der Waals surface area contributed by atoms with E-state index in [4.69, 9.17) is 11.6 Å². The number of amides is 2. The summed E-state index contributed by atoms with van der Waals surface area (Å²) in [7, 11) is 0. The van der Waals surface area contributed by atoms with Crippen LogP contribution in [0.5, 0.6) is 0 Å². The molecule has 0 heterocycles. The van der Waals surface area contributed by atoms with Crippen LogP contribution in [-0.2, 0) is 10.2 Å². The molecule has 2 aromatic rings. The third kappa shape index (κ3) is 4.59. The topological polar surface area (TPSA) is 58.2 Å². The van der Waals surface area contributed by atoms with Gasteiger partial charge in [-0.1, -0.05) is 30.2 Å². The average Bonchev–Trinajstić information content (AvgIpc) is 2.62. The van der Waals surface area contributed by atoms with Gasteiger partial charge in [-0.3, -0.25) is 9.59 Å². The van der Waals surface area contributed by atoms with Gasteiger partial charge in [0.2, 0.25) is 5.91 Å². The molecule has 30 heavy (non-hydrogen) atoms. The van der Waals surface area contributed by atoms with Crippen LogP contribution in [-0.4, -0.2) is 24.5 Å². The van der Waals surface area contributed by atoms with E-state index in [1.807, 2.05) is 0 Å². The number of hydrogen-bond acceptors (Lipinski definition) is 2. The Morgan fingerprint density at radius 2 is 1.87 bits per heavy atom. The van der Waals surface area contributed by atoms with Crippen LogP contribution in [0.4, 0.5) is 23.2 Å². The van der Waals surface area contributed by atoms with Crippen molar-refractivity contribution >= 4 is 29.1 Å². The molecule has 0 saturated heterocycles. The van der Waals surface area contributed by atoms with Gasteiger partial charge in [-0.2, -0.15) is 13.2 Å². The lowest BCUT2D eigenvalue weighted by Gasteiger charge is -2.41. The summed E-state index contributed by atoms with van der Waals surface area (Å²) in [5.74, 6) is -2.28. The first-order valence-corrected chi connectivity index (χ1v) is 9.62. The van der Waals surface area contributed by atoms with Crippen molar-refractivity contribution in [1.82, 2.24) is 5.32 Å². The largest absolute Gasteiger partial charge is 0.405 e. The second kappa shape index (κ2) is 8.26. The van der Waals surface area contributed by atoms with Crippen molar-refractivity contribution in [2.24, 2.45) is 0 Å². The van der Waals surface area contributed by atoms with E-state index < -0.39 is 29.9 Å². The summed E-state index contributed by atoms with van der Waals surface area (Å²) in [5, 5.41) is 4.83. The van der Waals surface area contributed by atoms with Crippen LogP contribution < -0.4 is 10.6 Å². The maximum atomic E-state index is 14.3. The first kappa shape index (κ1) is 22.1. The van der Waals surface area contributed by atoms with E-state index >= 15 is 0 Å². The van der Waals surface area contributed by atoms with Gasteiger partial charge in [-0.25, -0.2) is 4.39 Å². The van der Waals surface area contributed by atoms with Gasteiger partial charge in [0.15, 0.2) is 0 Å². The third-order valence-electron chi connectivity index (χ3n) is 5.32. The number of carbonyl (C=O) groups excluding carboxylic acids is 2. The predicted octanol–water partition coefficient (Wildman–Crippen LogP) is 5.14. The molecule has 1 aliphatic rings. The Bertz CT molecular complexity index is 987. The summed E-state index contributed by atoms with van der Waals surface area (Å²) < 4.78 is 51.3. The molecule has 9 heteroatoms. The van der Waals surface area contributed by atoms with E-state index in [0.29, 0.717) is 17.9 Å². The molecule has 0 aliphatic heterocycles. The molecule has 4 nitrogen and oxygen atoms in total. The van der Waals surface area contributed by atoms with Gasteiger partial charge >= 0.3 is 6.18 Å². The standard InChI is InChI=1S/C21H19ClF4N2O2/c1-12-16(23)8-13(18(29)27-11-21(24,25)26)9-17(12)28-19(30)20(6-3-7-20)14-4-2-5-15(22)10-14/h2,4-5,8-10H,3,6-7,11H2,1H3,(H,27,29)(H,28,30). The number of rotatable bonds is 5. The summed E-state index contributed by atoms with van der Waals surface area (Å²) in [6, 6.07) is 8.94. The first-order valence-electron chi connectivity index (χ1n) is 9.24. The number of hydrogen-bond donors (Lipinski definition) is 2. The smallest absolute Gasteiger partial charge is 0.343 e. The van der Waals surface area contributed by atoms with Gasteiger partial charge in [0.1, 0.15) is 12.4 Å². The van der Waals surface area contributed by atoms with Crippen molar-refractivity contribution < 1.29 is 27.2 Å². The molecule has 0 radical (unpaired) electrons. The maximum absolute atomic E-state index is 14.3. The highest BCUT2D eigenvalue weighted by atomic mass is 35.5. The Hall–Kier alpha value is -2.61. The lowest BCUT2D eigenvalue weighted by atomic mass is 9.63. The molecular weight excluding hydrogens is 424 g/mol. The van der Waals surface area contributed by atoms with Crippen LogP contribution in [0, 0.1) is 12.7 Å². The van der Waals surface area contributed by atoms with Gasteiger partial charge < -0.3 is 10.6 Å². The molecule has 160 valence electrons. The monoisotopic (exact) mass is 442 g/mol. The van der Waals surface area contributed by atoms with Crippen LogP contribution in [0.15, 0.2) is 36.4 Å². The zero-order chi connectivity index (χ0) is 22.1. The van der Waals surface area contributed by atoms with Crippen LogP contribution in [0.3, 0.4) is 0 Å². The SMILES string of the molecule is Cc1c(F)cc(C(=O)NCC(F)(F)F)cc1NC(=O)C1(c2cccc(Cl)c2)CCC1. The minimum atomic E-state index is -4.59. The average molecular weight is 443 g/mol. The third-order valence-corrected chi connectivity index (χ3v) is 5.56.